The lowest BCUT2D eigenvalue weighted by atomic mass is 10.1. The molecule has 1 amide bonds. The largest absolute Gasteiger partial charge is 0.303 e. The van der Waals surface area contributed by atoms with Crippen LogP contribution in [-0.4, -0.2) is 10.8 Å². The number of fused-ring (bicyclic) bond motifs is 1. The molecule has 0 bridgehead atoms. The Morgan fingerprint density at radius 1 is 0.967 bits per heavy atom. The first-order valence-corrected chi connectivity index (χ1v) is 9.62. The first-order valence-electron chi connectivity index (χ1n) is 9.62. The Morgan fingerprint density at radius 2 is 1.67 bits per heavy atom. The molecule has 0 saturated heterocycles. The van der Waals surface area contributed by atoms with Gasteiger partial charge in [0, 0.05) is 23.3 Å². The van der Waals surface area contributed by atoms with Gasteiger partial charge in [0.1, 0.15) is 0 Å². The summed E-state index contributed by atoms with van der Waals surface area (Å²) in [5, 5.41) is 10.8. The molecule has 5 heteroatoms. The molecule has 0 aromatic heterocycles. The summed E-state index contributed by atoms with van der Waals surface area (Å²) in [6.45, 7) is 2.55. The van der Waals surface area contributed by atoms with Crippen LogP contribution in [0.15, 0.2) is 84.9 Å². The van der Waals surface area contributed by atoms with Gasteiger partial charge in [-0.25, -0.2) is 0 Å². The van der Waals surface area contributed by atoms with Gasteiger partial charge in [0.25, 0.3) is 11.6 Å². The molecule has 0 atom stereocenters. The third kappa shape index (κ3) is 3.91. The van der Waals surface area contributed by atoms with Crippen LogP contribution in [0.5, 0.6) is 0 Å². The Morgan fingerprint density at radius 3 is 2.37 bits per heavy atom. The zero-order chi connectivity index (χ0) is 21.1. The lowest BCUT2D eigenvalue weighted by Gasteiger charge is -2.17. The van der Waals surface area contributed by atoms with E-state index >= 15 is 0 Å². The molecule has 0 aliphatic carbocycles. The maximum atomic E-state index is 13.1. The number of amides is 1. The first kappa shape index (κ1) is 19.3. The summed E-state index contributed by atoms with van der Waals surface area (Å²) in [5.74, 6) is -0.0369. The molecule has 0 radical (unpaired) electrons. The van der Waals surface area contributed by atoms with E-state index in [-0.39, 0.29) is 11.6 Å². The van der Waals surface area contributed by atoms with Gasteiger partial charge in [-0.2, -0.15) is 0 Å². The average molecular weight is 396 g/mol. The fraction of sp³-hybridized carbons (Fsp3) is 0.0800. The van der Waals surface area contributed by atoms with Crippen molar-refractivity contribution in [2.24, 2.45) is 0 Å². The van der Waals surface area contributed by atoms with Crippen LogP contribution in [0.1, 0.15) is 22.3 Å². The number of para-hydroxylation sites is 1. The molecule has 0 unspecified atom stereocenters. The Labute approximate surface area is 174 Å². The van der Waals surface area contributed by atoms with Crippen LogP contribution in [0.2, 0.25) is 0 Å². The second kappa shape index (κ2) is 8.17. The van der Waals surface area contributed by atoms with Gasteiger partial charge in [0.15, 0.2) is 0 Å². The summed E-state index contributed by atoms with van der Waals surface area (Å²) < 4.78 is 0. The van der Waals surface area contributed by atoms with E-state index in [0.717, 1.165) is 22.4 Å². The quantitative estimate of drug-likeness (QED) is 0.323. The molecular weight excluding hydrogens is 376 g/mol. The first-order chi connectivity index (χ1) is 14.5. The minimum atomic E-state index is -0.424. The number of carbonyl (C=O) groups is 1. The average Bonchev–Trinajstić information content (AvgIpc) is 3.01. The van der Waals surface area contributed by atoms with E-state index in [1.54, 1.807) is 29.2 Å². The van der Waals surface area contributed by atoms with Crippen molar-refractivity contribution in [1.82, 2.24) is 0 Å². The molecule has 1 aliphatic rings. The smallest absolute Gasteiger partial charge is 0.269 e. The van der Waals surface area contributed by atoms with Crippen LogP contribution < -0.4 is 4.90 Å². The van der Waals surface area contributed by atoms with Crippen molar-refractivity contribution >= 4 is 28.9 Å². The lowest BCUT2D eigenvalue weighted by molar-refractivity contribution is -0.384. The Hall–Kier alpha value is -3.99. The standard InChI is InChI=1S/C25H20N2O3/c1-18-9-11-20(12-10-18)17-26-24-8-3-2-6-22(24)23(25(26)28)7-4-5-19-13-15-21(16-14-19)27(29)30/h2-16H,17H2,1H3/b5-4+,23-7+. The molecule has 5 nitrogen and oxygen atoms in total. The van der Waals surface area contributed by atoms with Crippen molar-refractivity contribution in [3.63, 3.8) is 0 Å². The van der Waals surface area contributed by atoms with E-state index < -0.39 is 4.92 Å². The Balaban J connectivity index is 1.59. The van der Waals surface area contributed by atoms with Gasteiger partial charge in [0.2, 0.25) is 0 Å². The van der Waals surface area contributed by atoms with Gasteiger partial charge in [-0.3, -0.25) is 14.9 Å². The summed E-state index contributed by atoms with van der Waals surface area (Å²) in [5.41, 5.74) is 5.58. The second-order valence-electron chi connectivity index (χ2n) is 7.18. The fourth-order valence-electron chi connectivity index (χ4n) is 3.46. The Kier molecular flexibility index (Phi) is 5.26. The van der Waals surface area contributed by atoms with Gasteiger partial charge < -0.3 is 4.90 Å². The van der Waals surface area contributed by atoms with Crippen molar-refractivity contribution < 1.29 is 9.72 Å². The normalized spacial score (nSPS) is 14.5. The molecule has 3 aromatic carbocycles. The van der Waals surface area contributed by atoms with E-state index in [4.69, 9.17) is 0 Å². The predicted molar refractivity (Wildman–Crippen MR) is 119 cm³/mol. The zero-order valence-electron chi connectivity index (χ0n) is 16.5. The molecule has 0 N–H and O–H groups in total. The van der Waals surface area contributed by atoms with E-state index in [9.17, 15) is 14.9 Å². The number of hydrogen-bond donors (Lipinski definition) is 0. The third-order valence-electron chi connectivity index (χ3n) is 5.08. The Bertz CT molecular complexity index is 1160. The summed E-state index contributed by atoms with van der Waals surface area (Å²) in [7, 11) is 0. The summed E-state index contributed by atoms with van der Waals surface area (Å²) in [6.07, 6.45) is 5.44. The van der Waals surface area contributed by atoms with Crippen molar-refractivity contribution in [2.45, 2.75) is 13.5 Å². The molecule has 4 rings (SSSR count). The molecule has 1 aliphatic heterocycles. The number of rotatable bonds is 5. The minimum absolute atomic E-state index is 0.0369. The van der Waals surface area contributed by atoms with E-state index in [2.05, 4.69) is 0 Å². The third-order valence-corrected chi connectivity index (χ3v) is 5.08. The molecule has 0 fully saturated rings. The van der Waals surface area contributed by atoms with Crippen molar-refractivity contribution in [1.29, 1.82) is 0 Å². The highest BCUT2D eigenvalue weighted by atomic mass is 16.6. The molecule has 0 spiro atoms. The van der Waals surface area contributed by atoms with E-state index in [0.29, 0.717) is 12.1 Å². The molecule has 0 saturated carbocycles. The van der Waals surface area contributed by atoms with Gasteiger partial charge >= 0.3 is 0 Å². The maximum Gasteiger partial charge on any atom is 0.269 e. The van der Waals surface area contributed by atoms with Gasteiger partial charge in [0.05, 0.1) is 17.2 Å². The van der Waals surface area contributed by atoms with E-state index in [1.807, 2.05) is 61.5 Å². The monoisotopic (exact) mass is 396 g/mol. The van der Waals surface area contributed by atoms with Crippen LogP contribution in [0.25, 0.3) is 11.6 Å². The molecule has 148 valence electrons. The topological polar surface area (TPSA) is 63.5 Å². The van der Waals surface area contributed by atoms with E-state index in [1.165, 1.54) is 17.7 Å². The van der Waals surface area contributed by atoms with Crippen molar-refractivity contribution in [3.8, 4) is 0 Å². The fourth-order valence-corrected chi connectivity index (χ4v) is 3.46. The van der Waals surface area contributed by atoms with Gasteiger partial charge in [-0.1, -0.05) is 60.2 Å². The number of aryl methyl sites for hydroxylation is 1. The predicted octanol–water partition coefficient (Wildman–Crippen LogP) is 5.55. The number of anilines is 1. The number of carbonyl (C=O) groups excluding carboxylic acids is 1. The lowest BCUT2D eigenvalue weighted by Crippen LogP contribution is -2.25. The number of nitrogens with zero attached hydrogens (tertiary/aromatic N) is 2. The highest BCUT2D eigenvalue weighted by Crippen LogP contribution is 2.37. The summed E-state index contributed by atoms with van der Waals surface area (Å²) in [4.78, 5) is 25.3. The molecule has 3 aromatic rings. The van der Waals surface area contributed by atoms with Crippen LogP contribution in [0.4, 0.5) is 11.4 Å². The van der Waals surface area contributed by atoms with Crippen LogP contribution >= 0.6 is 0 Å². The van der Waals surface area contributed by atoms with Gasteiger partial charge in [-0.15, -0.1) is 0 Å². The maximum absolute atomic E-state index is 13.1. The molecule has 30 heavy (non-hydrogen) atoms. The van der Waals surface area contributed by atoms with Gasteiger partial charge in [-0.05, 0) is 42.3 Å². The minimum Gasteiger partial charge on any atom is -0.303 e. The number of non-ortho nitro benzene ring substituents is 1. The zero-order valence-corrected chi connectivity index (χ0v) is 16.5. The molecular formula is C25H20N2O3. The van der Waals surface area contributed by atoms with Crippen molar-refractivity contribution in [3.05, 3.63) is 117 Å². The van der Waals surface area contributed by atoms with Crippen molar-refractivity contribution in [2.75, 3.05) is 4.90 Å². The SMILES string of the molecule is Cc1ccc(CN2C(=O)/C(=C/C=C/c3ccc([N+](=O)[O-])cc3)c3ccccc32)cc1. The number of nitro benzene ring substituents is 1. The van der Waals surface area contributed by atoms with Crippen LogP contribution in [0, 0.1) is 17.0 Å². The summed E-state index contributed by atoms with van der Waals surface area (Å²) >= 11 is 0. The van der Waals surface area contributed by atoms with Crippen LogP contribution in [0.3, 0.4) is 0 Å². The number of nitro groups is 1. The number of hydrogen-bond acceptors (Lipinski definition) is 3. The summed E-state index contributed by atoms with van der Waals surface area (Å²) in [6, 6.07) is 22.2. The highest BCUT2D eigenvalue weighted by molar-refractivity contribution is 6.32. The number of allylic oxidation sites excluding steroid dienone is 2. The highest BCUT2D eigenvalue weighted by Gasteiger charge is 2.31. The second-order valence-corrected chi connectivity index (χ2v) is 7.18. The number of benzene rings is 3. The molecule has 1 heterocycles. The van der Waals surface area contributed by atoms with Crippen LogP contribution in [-0.2, 0) is 11.3 Å².